The highest BCUT2D eigenvalue weighted by molar-refractivity contribution is 6.42. The molecule has 5 nitrogen and oxygen atoms in total. The van der Waals surface area contributed by atoms with Crippen molar-refractivity contribution in [3.05, 3.63) is 27.7 Å². The van der Waals surface area contributed by atoms with E-state index < -0.39 is 0 Å². The van der Waals surface area contributed by atoms with Gasteiger partial charge in [0.15, 0.2) is 0 Å². The summed E-state index contributed by atoms with van der Waals surface area (Å²) in [6, 6.07) is 2.77. The van der Waals surface area contributed by atoms with Gasteiger partial charge in [0.05, 0.1) is 16.0 Å². The Hall–Kier alpha value is -1.01. The van der Waals surface area contributed by atoms with Crippen molar-refractivity contribution in [2.24, 2.45) is 17.6 Å². The number of halogens is 2. The van der Waals surface area contributed by atoms with Crippen molar-refractivity contribution in [2.45, 2.75) is 25.3 Å². The Morgan fingerprint density at radius 2 is 1.92 bits per heavy atom. The third kappa shape index (κ3) is 3.64. The second kappa shape index (κ2) is 7.48. The minimum Gasteiger partial charge on any atom is -0.508 e. The zero-order chi connectivity index (χ0) is 17.3. The molecule has 0 radical (unpaired) electrons. The standard InChI is InChI=1S/C17H23Cl2N3O2/c18-13-7-12(15(23)8-14(13)19)16(20)10-2-5-22(6-3-10)17(24)11-1-4-21-9-11/h7-8,10-11,16,21,23H,1-6,9,20H2/t11-,16-/m0/s1. The molecule has 132 valence electrons. The molecule has 2 fully saturated rings. The summed E-state index contributed by atoms with van der Waals surface area (Å²) in [5.74, 6) is 0.657. The van der Waals surface area contributed by atoms with Crippen LogP contribution in [0.2, 0.25) is 10.0 Å². The van der Waals surface area contributed by atoms with E-state index in [4.69, 9.17) is 28.9 Å². The molecule has 1 amide bonds. The molecule has 1 aromatic carbocycles. The van der Waals surface area contributed by atoms with E-state index in [1.54, 1.807) is 6.07 Å². The number of nitrogens with two attached hydrogens (primary N) is 1. The zero-order valence-electron chi connectivity index (χ0n) is 13.5. The van der Waals surface area contributed by atoms with Gasteiger partial charge in [-0.15, -0.1) is 0 Å². The number of phenols is 1. The first-order valence-electron chi connectivity index (χ1n) is 8.40. The van der Waals surface area contributed by atoms with E-state index in [-0.39, 0.29) is 29.5 Å². The molecule has 0 unspecified atom stereocenters. The van der Waals surface area contributed by atoms with Crippen LogP contribution in [0.1, 0.15) is 30.9 Å². The Morgan fingerprint density at radius 1 is 1.25 bits per heavy atom. The summed E-state index contributed by atoms with van der Waals surface area (Å²) >= 11 is 12.0. The van der Waals surface area contributed by atoms with Crippen LogP contribution < -0.4 is 11.1 Å². The molecular weight excluding hydrogens is 349 g/mol. The predicted octanol–water partition coefficient (Wildman–Crippen LogP) is 2.55. The van der Waals surface area contributed by atoms with Crippen molar-refractivity contribution in [3.63, 3.8) is 0 Å². The van der Waals surface area contributed by atoms with Crippen LogP contribution in [0.3, 0.4) is 0 Å². The van der Waals surface area contributed by atoms with E-state index >= 15 is 0 Å². The van der Waals surface area contributed by atoms with Gasteiger partial charge in [-0.2, -0.15) is 0 Å². The van der Waals surface area contributed by atoms with Crippen LogP contribution in [-0.4, -0.2) is 42.1 Å². The van der Waals surface area contributed by atoms with Gasteiger partial charge in [-0.1, -0.05) is 23.2 Å². The second-order valence-electron chi connectivity index (χ2n) is 6.70. The minimum atomic E-state index is -0.315. The number of piperidine rings is 1. The first-order chi connectivity index (χ1) is 11.5. The molecule has 0 aromatic heterocycles. The van der Waals surface area contributed by atoms with Crippen LogP contribution in [0.4, 0.5) is 0 Å². The van der Waals surface area contributed by atoms with E-state index in [2.05, 4.69) is 5.32 Å². The monoisotopic (exact) mass is 371 g/mol. The summed E-state index contributed by atoms with van der Waals surface area (Å²) < 4.78 is 0. The summed E-state index contributed by atoms with van der Waals surface area (Å²) in [5, 5.41) is 14.0. The van der Waals surface area contributed by atoms with Gasteiger partial charge < -0.3 is 21.1 Å². The summed E-state index contributed by atoms with van der Waals surface area (Å²) in [6.45, 7) is 3.15. The molecule has 2 atom stereocenters. The fourth-order valence-electron chi connectivity index (χ4n) is 3.68. The number of hydrogen-bond donors (Lipinski definition) is 3. The maximum Gasteiger partial charge on any atom is 0.227 e. The van der Waals surface area contributed by atoms with Crippen LogP contribution in [0.25, 0.3) is 0 Å². The molecule has 0 saturated carbocycles. The van der Waals surface area contributed by atoms with Crippen LogP contribution >= 0.6 is 23.2 Å². The van der Waals surface area contributed by atoms with Crippen LogP contribution in [0.5, 0.6) is 5.75 Å². The van der Waals surface area contributed by atoms with Gasteiger partial charge in [-0.3, -0.25) is 4.79 Å². The van der Waals surface area contributed by atoms with Gasteiger partial charge >= 0.3 is 0 Å². The van der Waals surface area contributed by atoms with Crippen molar-refractivity contribution >= 4 is 29.1 Å². The third-order valence-electron chi connectivity index (χ3n) is 5.20. The molecule has 2 heterocycles. The highest BCUT2D eigenvalue weighted by atomic mass is 35.5. The van der Waals surface area contributed by atoms with Crippen LogP contribution in [0, 0.1) is 11.8 Å². The third-order valence-corrected chi connectivity index (χ3v) is 5.92. The van der Waals surface area contributed by atoms with Crippen molar-refractivity contribution in [3.8, 4) is 5.75 Å². The maximum absolute atomic E-state index is 12.5. The largest absolute Gasteiger partial charge is 0.508 e. The normalized spacial score (nSPS) is 23.5. The molecule has 2 aliphatic rings. The zero-order valence-corrected chi connectivity index (χ0v) is 15.0. The van der Waals surface area contributed by atoms with Crippen molar-refractivity contribution in [1.82, 2.24) is 10.2 Å². The van der Waals surface area contributed by atoms with E-state index in [1.165, 1.54) is 6.07 Å². The molecule has 4 N–H and O–H groups in total. The van der Waals surface area contributed by atoms with Gasteiger partial charge in [-0.25, -0.2) is 0 Å². The molecule has 24 heavy (non-hydrogen) atoms. The van der Waals surface area contributed by atoms with Crippen LogP contribution in [-0.2, 0) is 4.79 Å². The molecule has 1 aromatic rings. The number of likely N-dealkylation sites (tertiary alicyclic amines) is 1. The molecule has 0 aliphatic carbocycles. The predicted molar refractivity (Wildman–Crippen MR) is 95.3 cm³/mol. The van der Waals surface area contributed by atoms with E-state index in [0.717, 1.165) is 45.4 Å². The second-order valence-corrected chi connectivity index (χ2v) is 7.52. The van der Waals surface area contributed by atoms with Gasteiger partial charge in [0, 0.05) is 37.3 Å². The van der Waals surface area contributed by atoms with Crippen molar-refractivity contribution < 1.29 is 9.90 Å². The summed E-state index contributed by atoms with van der Waals surface area (Å²) in [5.41, 5.74) is 6.98. The number of benzene rings is 1. The number of phenolic OH excluding ortho intramolecular Hbond substituents is 1. The Labute approximate surface area is 152 Å². The number of amides is 1. The summed E-state index contributed by atoms with van der Waals surface area (Å²) in [7, 11) is 0. The van der Waals surface area contributed by atoms with Crippen LogP contribution in [0.15, 0.2) is 12.1 Å². The molecule has 0 spiro atoms. The first kappa shape index (κ1) is 17.8. The van der Waals surface area contributed by atoms with Gasteiger partial charge in [0.2, 0.25) is 5.91 Å². The van der Waals surface area contributed by atoms with E-state index in [9.17, 15) is 9.90 Å². The van der Waals surface area contributed by atoms with Gasteiger partial charge in [0.25, 0.3) is 0 Å². The molecule has 3 rings (SSSR count). The topological polar surface area (TPSA) is 78.6 Å². The Kier molecular flexibility index (Phi) is 5.55. The lowest BCUT2D eigenvalue weighted by atomic mass is 9.85. The Morgan fingerprint density at radius 3 is 2.54 bits per heavy atom. The fraction of sp³-hybridized carbons (Fsp3) is 0.588. The van der Waals surface area contributed by atoms with E-state index in [0.29, 0.717) is 15.6 Å². The van der Waals surface area contributed by atoms with Crippen molar-refractivity contribution in [1.29, 1.82) is 0 Å². The fourth-order valence-corrected chi connectivity index (χ4v) is 4.01. The molecule has 0 bridgehead atoms. The summed E-state index contributed by atoms with van der Waals surface area (Å²) in [6.07, 6.45) is 2.58. The number of carbonyl (C=O) groups is 1. The maximum atomic E-state index is 12.5. The highest BCUT2D eigenvalue weighted by Crippen LogP contribution is 2.37. The minimum absolute atomic E-state index is 0.0763. The number of nitrogens with zero attached hydrogens (tertiary/aromatic N) is 1. The lowest BCUT2D eigenvalue weighted by Crippen LogP contribution is -2.44. The van der Waals surface area contributed by atoms with Gasteiger partial charge in [-0.05, 0) is 37.8 Å². The first-order valence-corrected chi connectivity index (χ1v) is 9.16. The molecule has 2 aliphatic heterocycles. The van der Waals surface area contributed by atoms with Gasteiger partial charge in [0.1, 0.15) is 5.75 Å². The Balaban J connectivity index is 1.62. The number of rotatable bonds is 3. The van der Waals surface area contributed by atoms with E-state index in [1.807, 2.05) is 4.90 Å². The molecular formula is C17H23Cl2N3O2. The quantitative estimate of drug-likeness (QED) is 0.762. The SMILES string of the molecule is N[C@H](c1cc(Cl)c(Cl)cc1O)C1CCN(C(=O)[C@H]2CCNC2)CC1. The lowest BCUT2D eigenvalue weighted by Gasteiger charge is -2.36. The molecule has 7 heteroatoms. The number of nitrogens with one attached hydrogen (secondary N) is 1. The number of aromatic hydroxyl groups is 1. The Bertz CT molecular complexity index is 612. The smallest absolute Gasteiger partial charge is 0.227 e. The average Bonchev–Trinajstić information content (AvgIpc) is 3.11. The van der Waals surface area contributed by atoms with Crippen molar-refractivity contribution in [2.75, 3.05) is 26.2 Å². The summed E-state index contributed by atoms with van der Waals surface area (Å²) in [4.78, 5) is 14.4. The highest BCUT2D eigenvalue weighted by Gasteiger charge is 2.32. The lowest BCUT2D eigenvalue weighted by molar-refractivity contribution is -0.136. The molecule has 2 saturated heterocycles. The number of carbonyl (C=O) groups excluding carboxylic acids is 1. The number of hydrogen-bond acceptors (Lipinski definition) is 4. The average molecular weight is 372 g/mol.